The molecule has 0 aliphatic heterocycles. The van der Waals surface area contributed by atoms with Crippen molar-refractivity contribution in [1.29, 1.82) is 0 Å². The van der Waals surface area contributed by atoms with Crippen LogP contribution in [0.3, 0.4) is 0 Å². The Balaban J connectivity index is 1.83. The second-order valence-electron chi connectivity index (χ2n) is 5.97. The smallest absolute Gasteiger partial charge is 0.240 e. The monoisotopic (exact) mass is 398 g/mol. The zero-order valence-electron chi connectivity index (χ0n) is 15.0. The molecule has 2 N–H and O–H groups in total. The normalized spacial score (nSPS) is 12.5. The van der Waals surface area contributed by atoms with Crippen LogP contribution in [-0.2, 0) is 10.0 Å². The summed E-state index contributed by atoms with van der Waals surface area (Å²) in [5, 5.41) is 3.49. The molecule has 1 atom stereocenters. The summed E-state index contributed by atoms with van der Waals surface area (Å²) in [6, 6.07) is 26.1. The lowest BCUT2D eigenvalue weighted by molar-refractivity contribution is 0.576. The molecule has 0 saturated carbocycles. The van der Waals surface area contributed by atoms with E-state index in [0.717, 1.165) is 16.1 Å². The predicted octanol–water partition coefficient (Wildman–Crippen LogP) is 4.54. The second-order valence-corrected chi connectivity index (χ2v) is 8.59. The average Bonchev–Trinajstić information content (AvgIpc) is 2.72. The topological polar surface area (TPSA) is 58.2 Å². The molecule has 0 bridgehead atoms. The number of rotatable bonds is 8. The van der Waals surface area contributed by atoms with Crippen LogP contribution >= 0.6 is 11.8 Å². The lowest BCUT2D eigenvalue weighted by atomic mass is 10.1. The minimum Gasteiger partial charge on any atom is -0.376 e. The van der Waals surface area contributed by atoms with Gasteiger partial charge in [0.15, 0.2) is 0 Å². The first-order valence-corrected chi connectivity index (χ1v) is 11.3. The number of sulfonamides is 1. The maximum absolute atomic E-state index is 12.6. The van der Waals surface area contributed by atoms with Gasteiger partial charge in [-0.3, -0.25) is 0 Å². The van der Waals surface area contributed by atoms with Crippen LogP contribution in [0.1, 0.15) is 11.6 Å². The summed E-state index contributed by atoms with van der Waals surface area (Å²) in [7, 11) is -3.57. The molecule has 0 fully saturated rings. The van der Waals surface area contributed by atoms with E-state index >= 15 is 0 Å². The van der Waals surface area contributed by atoms with Crippen LogP contribution in [0, 0.1) is 0 Å². The lowest BCUT2D eigenvalue weighted by Crippen LogP contribution is -2.31. The Morgan fingerprint density at radius 1 is 0.852 bits per heavy atom. The summed E-state index contributed by atoms with van der Waals surface area (Å²) < 4.78 is 27.9. The van der Waals surface area contributed by atoms with Crippen LogP contribution < -0.4 is 10.0 Å². The van der Waals surface area contributed by atoms with Gasteiger partial charge in [0.05, 0.1) is 10.9 Å². The summed E-state index contributed by atoms with van der Waals surface area (Å²) in [6.07, 6.45) is 2.02. The highest BCUT2D eigenvalue weighted by Gasteiger charge is 2.18. The molecule has 0 aromatic heterocycles. The predicted molar refractivity (Wildman–Crippen MR) is 113 cm³/mol. The lowest BCUT2D eigenvalue weighted by Gasteiger charge is -2.22. The van der Waals surface area contributed by atoms with Crippen LogP contribution in [-0.4, -0.2) is 21.2 Å². The zero-order valence-corrected chi connectivity index (χ0v) is 16.6. The first kappa shape index (κ1) is 19.5. The Kier molecular flexibility index (Phi) is 6.55. The van der Waals surface area contributed by atoms with Crippen molar-refractivity contribution in [3.63, 3.8) is 0 Å². The number of hydrogen-bond donors (Lipinski definition) is 2. The number of anilines is 1. The van der Waals surface area contributed by atoms with Crippen LogP contribution in [0.2, 0.25) is 0 Å². The molecular formula is C21H22N2O2S2. The van der Waals surface area contributed by atoms with E-state index < -0.39 is 10.0 Å². The molecule has 0 saturated heterocycles. The van der Waals surface area contributed by atoms with E-state index in [9.17, 15) is 8.42 Å². The van der Waals surface area contributed by atoms with Crippen molar-refractivity contribution < 1.29 is 8.42 Å². The maximum atomic E-state index is 12.6. The van der Waals surface area contributed by atoms with Crippen molar-refractivity contribution in [2.24, 2.45) is 0 Å². The number of para-hydroxylation sites is 1. The van der Waals surface area contributed by atoms with Crippen LogP contribution in [0.15, 0.2) is 94.7 Å². The molecule has 0 unspecified atom stereocenters. The first-order chi connectivity index (χ1) is 13.1. The number of nitrogens with one attached hydrogen (secondary N) is 2. The third kappa shape index (κ3) is 5.13. The highest BCUT2D eigenvalue weighted by Crippen LogP contribution is 2.28. The summed E-state index contributed by atoms with van der Waals surface area (Å²) in [5.41, 5.74) is 2.00. The molecule has 27 heavy (non-hydrogen) atoms. The highest BCUT2D eigenvalue weighted by atomic mass is 32.2. The molecular weight excluding hydrogens is 376 g/mol. The third-order valence-electron chi connectivity index (χ3n) is 4.17. The third-order valence-corrected chi connectivity index (χ3v) is 6.40. The Bertz CT molecular complexity index is 962. The zero-order chi connectivity index (χ0) is 19.1. The van der Waals surface area contributed by atoms with Crippen molar-refractivity contribution in [3.05, 3.63) is 90.5 Å². The van der Waals surface area contributed by atoms with Crippen LogP contribution in [0.25, 0.3) is 0 Å². The van der Waals surface area contributed by atoms with Gasteiger partial charge in [0.1, 0.15) is 0 Å². The van der Waals surface area contributed by atoms with Gasteiger partial charge in [-0.05, 0) is 36.1 Å². The van der Waals surface area contributed by atoms with E-state index in [2.05, 4.69) is 10.0 Å². The Hall–Kier alpha value is -2.28. The first-order valence-electron chi connectivity index (χ1n) is 8.59. The minimum absolute atomic E-state index is 0.196. The molecule has 0 heterocycles. The van der Waals surface area contributed by atoms with Gasteiger partial charge in [-0.1, -0.05) is 60.7 Å². The number of benzene rings is 3. The fourth-order valence-corrected chi connectivity index (χ4v) is 4.39. The summed E-state index contributed by atoms with van der Waals surface area (Å²) >= 11 is 1.65. The van der Waals surface area contributed by atoms with Gasteiger partial charge in [0.2, 0.25) is 10.0 Å². The van der Waals surface area contributed by atoms with Gasteiger partial charge >= 0.3 is 0 Å². The Labute approximate surface area is 165 Å². The van der Waals surface area contributed by atoms with Gasteiger partial charge in [-0.25, -0.2) is 13.1 Å². The number of hydrogen-bond acceptors (Lipinski definition) is 4. The molecule has 4 nitrogen and oxygen atoms in total. The van der Waals surface area contributed by atoms with E-state index in [4.69, 9.17) is 0 Å². The van der Waals surface area contributed by atoms with Gasteiger partial charge < -0.3 is 5.32 Å². The van der Waals surface area contributed by atoms with Crippen LogP contribution in [0.5, 0.6) is 0 Å². The van der Waals surface area contributed by atoms with Gasteiger partial charge in [0, 0.05) is 17.1 Å². The molecule has 0 amide bonds. The van der Waals surface area contributed by atoms with Crippen molar-refractivity contribution in [2.45, 2.75) is 15.8 Å². The molecule has 0 spiro atoms. The quantitative estimate of drug-likeness (QED) is 0.547. The molecule has 0 radical (unpaired) electrons. The summed E-state index contributed by atoms with van der Waals surface area (Å²) in [4.78, 5) is 1.38. The van der Waals surface area contributed by atoms with E-state index in [1.165, 1.54) is 0 Å². The van der Waals surface area contributed by atoms with Crippen molar-refractivity contribution in [1.82, 2.24) is 4.72 Å². The van der Waals surface area contributed by atoms with Crippen LogP contribution in [0.4, 0.5) is 5.69 Å². The van der Waals surface area contributed by atoms with Crippen molar-refractivity contribution in [3.8, 4) is 0 Å². The van der Waals surface area contributed by atoms with Crippen molar-refractivity contribution in [2.75, 3.05) is 18.1 Å². The van der Waals surface area contributed by atoms with E-state index in [1.807, 2.05) is 60.9 Å². The largest absolute Gasteiger partial charge is 0.376 e. The Morgan fingerprint density at radius 3 is 2.11 bits per heavy atom. The highest BCUT2D eigenvalue weighted by molar-refractivity contribution is 7.98. The fraction of sp³-hybridized carbons (Fsp3) is 0.143. The maximum Gasteiger partial charge on any atom is 0.240 e. The fourth-order valence-electron chi connectivity index (χ4n) is 2.77. The molecule has 3 aromatic rings. The minimum atomic E-state index is -3.57. The Morgan fingerprint density at radius 2 is 1.44 bits per heavy atom. The van der Waals surface area contributed by atoms with Crippen molar-refractivity contribution >= 4 is 27.5 Å². The van der Waals surface area contributed by atoms with Gasteiger partial charge in [-0.2, -0.15) is 0 Å². The standard InChI is InChI=1S/C21H22N2O2S2/c1-26-21-15-9-8-14-19(21)23-20(17-10-4-2-5-11-17)16-22-27(24,25)18-12-6-3-7-13-18/h2-15,20,22-23H,16H2,1H3/t20-/m1/s1. The van der Waals surface area contributed by atoms with Gasteiger partial charge in [0.25, 0.3) is 0 Å². The SMILES string of the molecule is CSc1ccccc1N[C@H](CNS(=O)(=O)c1ccccc1)c1ccccc1. The second kappa shape index (κ2) is 9.08. The van der Waals surface area contributed by atoms with E-state index in [1.54, 1.807) is 42.1 Å². The molecule has 3 aromatic carbocycles. The molecule has 140 valence electrons. The summed E-state index contributed by atoms with van der Waals surface area (Å²) in [5.74, 6) is 0. The number of thioether (sulfide) groups is 1. The van der Waals surface area contributed by atoms with E-state index in [-0.39, 0.29) is 17.5 Å². The molecule has 0 aliphatic carbocycles. The van der Waals surface area contributed by atoms with E-state index in [0.29, 0.717) is 0 Å². The average molecular weight is 399 g/mol. The summed E-state index contributed by atoms with van der Waals surface area (Å²) in [6.45, 7) is 0.240. The van der Waals surface area contributed by atoms with Gasteiger partial charge in [-0.15, -0.1) is 11.8 Å². The molecule has 6 heteroatoms. The molecule has 3 rings (SSSR count). The molecule has 0 aliphatic rings.